The second-order valence-corrected chi connectivity index (χ2v) is 4.14. The molecule has 0 saturated heterocycles. The molecule has 1 heterocycles. The van der Waals surface area contributed by atoms with Crippen LogP contribution < -0.4 is 5.73 Å². The zero-order chi connectivity index (χ0) is 8.82. The molecule has 4 nitrogen and oxygen atoms in total. The van der Waals surface area contributed by atoms with Crippen molar-refractivity contribution in [1.29, 1.82) is 0 Å². The molecule has 0 amide bonds. The van der Waals surface area contributed by atoms with Gasteiger partial charge in [0.25, 0.3) is 0 Å². The number of hydrogen-bond acceptors (Lipinski definition) is 3. The first-order chi connectivity index (χ1) is 5.56. The van der Waals surface area contributed by atoms with Gasteiger partial charge in [-0.05, 0) is 26.7 Å². The zero-order valence-corrected chi connectivity index (χ0v) is 7.46. The van der Waals surface area contributed by atoms with Crippen molar-refractivity contribution in [2.45, 2.75) is 37.6 Å². The Morgan fingerprint density at radius 1 is 1.58 bits per heavy atom. The molecule has 4 heteroatoms. The first kappa shape index (κ1) is 7.73. The zero-order valence-electron chi connectivity index (χ0n) is 7.46. The second-order valence-electron chi connectivity index (χ2n) is 4.14. The highest BCUT2D eigenvalue weighted by Gasteiger charge is 2.56. The van der Waals surface area contributed by atoms with Crippen LogP contribution in [0.15, 0.2) is 6.33 Å². The molecule has 66 valence electrons. The summed E-state index contributed by atoms with van der Waals surface area (Å²) in [7, 11) is 0. The van der Waals surface area contributed by atoms with Crippen LogP contribution in [-0.2, 0) is 5.41 Å². The largest absolute Gasteiger partial charge is 0.325 e. The molecule has 2 rings (SSSR count). The van der Waals surface area contributed by atoms with Crippen LogP contribution in [0.2, 0.25) is 0 Å². The quantitative estimate of drug-likeness (QED) is 0.675. The summed E-state index contributed by atoms with van der Waals surface area (Å²) in [5.74, 6) is 0.940. The Labute approximate surface area is 71.6 Å². The number of nitrogens with zero attached hydrogens (tertiary/aromatic N) is 2. The summed E-state index contributed by atoms with van der Waals surface area (Å²) in [4.78, 5) is 4.17. The third kappa shape index (κ3) is 0.876. The average molecular weight is 166 g/mol. The van der Waals surface area contributed by atoms with Gasteiger partial charge in [0.2, 0.25) is 0 Å². The normalized spacial score (nSPS) is 20.9. The van der Waals surface area contributed by atoms with Gasteiger partial charge in [-0.1, -0.05) is 0 Å². The Balaban J connectivity index is 2.35. The van der Waals surface area contributed by atoms with Crippen molar-refractivity contribution in [3.63, 3.8) is 0 Å². The van der Waals surface area contributed by atoms with Gasteiger partial charge in [-0.2, -0.15) is 5.10 Å². The maximum atomic E-state index is 6.08. The van der Waals surface area contributed by atoms with Crippen molar-refractivity contribution in [2.75, 3.05) is 0 Å². The molecule has 0 spiro atoms. The predicted molar refractivity (Wildman–Crippen MR) is 45.6 cm³/mol. The van der Waals surface area contributed by atoms with Gasteiger partial charge < -0.3 is 5.73 Å². The summed E-state index contributed by atoms with van der Waals surface area (Å²) < 4.78 is 0. The summed E-state index contributed by atoms with van der Waals surface area (Å²) in [6, 6.07) is 0. The van der Waals surface area contributed by atoms with Crippen molar-refractivity contribution >= 4 is 0 Å². The summed E-state index contributed by atoms with van der Waals surface area (Å²) in [6.07, 6.45) is 3.78. The van der Waals surface area contributed by atoms with Crippen molar-refractivity contribution in [2.24, 2.45) is 5.73 Å². The summed E-state index contributed by atoms with van der Waals surface area (Å²) in [5, 5.41) is 6.76. The lowest BCUT2D eigenvalue weighted by Crippen LogP contribution is -2.45. The smallest absolute Gasteiger partial charge is 0.137 e. The molecule has 1 aromatic rings. The molecule has 3 N–H and O–H groups in total. The van der Waals surface area contributed by atoms with Crippen LogP contribution in [0.4, 0.5) is 0 Å². The molecule has 12 heavy (non-hydrogen) atoms. The van der Waals surface area contributed by atoms with E-state index < -0.39 is 0 Å². The van der Waals surface area contributed by atoms with Gasteiger partial charge >= 0.3 is 0 Å². The van der Waals surface area contributed by atoms with E-state index in [9.17, 15) is 0 Å². The van der Waals surface area contributed by atoms with Gasteiger partial charge in [0, 0.05) is 11.0 Å². The van der Waals surface area contributed by atoms with Gasteiger partial charge in [0.1, 0.15) is 12.2 Å². The van der Waals surface area contributed by atoms with Gasteiger partial charge in [-0.15, -0.1) is 0 Å². The lowest BCUT2D eigenvalue weighted by atomic mass is 9.84. The van der Waals surface area contributed by atoms with Gasteiger partial charge in [-0.25, -0.2) is 4.98 Å². The highest BCUT2D eigenvalue weighted by Crippen LogP contribution is 2.53. The van der Waals surface area contributed by atoms with Gasteiger partial charge in [-0.3, -0.25) is 5.10 Å². The fourth-order valence-electron chi connectivity index (χ4n) is 1.75. The molecule has 0 radical (unpaired) electrons. The molecule has 1 fully saturated rings. The topological polar surface area (TPSA) is 67.6 Å². The van der Waals surface area contributed by atoms with Crippen LogP contribution in [0.3, 0.4) is 0 Å². The average Bonchev–Trinajstić information content (AvgIpc) is 2.61. The first-order valence-electron chi connectivity index (χ1n) is 4.21. The molecule has 1 aromatic heterocycles. The molecule has 0 aromatic carbocycles. The maximum Gasteiger partial charge on any atom is 0.137 e. The van der Waals surface area contributed by atoms with Crippen molar-refractivity contribution < 1.29 is 0 Å². The van der Waals surface area contributed by atoms with E-state index in [2.05, 4.69) is 15.2 Å². The predicted octanol–water partition coefficient (Wildman–Crippen LogP) is 0.574. The van der Waals surface area contributed by atoms with Crippen LogP contribution in [0, 0.1) is 0 Å². The standard InChI is InChI=1S/C8H14N4/c1-7(2,9)8(3-4-8)6-10-5-11-12-6/h5H,3-4,9H2,1-2H3,(H,10,11,12). The number of H-pyrrole nitrogens is 1. The Hall–Kier alpha value is -0.900. The minimum absolute atomic E-state index is 0.0590. The van der Waals surface area contributed by atoms with Crippen LogP contribution in [0.1, 0.15) is 32.5 Å². The summed E-state index contributed by atoms with van der Waals surface area (Å²) >= 11 is 0. The molecule has 0 atom stereocenters. The SMILES string of the molecule is CC(C)(N)C1(c2ncn[nH]2)CC1. The van der Waals surface area contributed by atoms with E-state index in [0.717, 1.165) is 18.7 Å². The van der Waals surface area contributed by atoms with Crippen LogP contribution in [0.25, 0.3) is 0 Å². The summed E-state index contributed by atoms with van der Waals surface area (Å²) in [5.41, 5.74) is 5.94. The van der Waals surface area contributed by atoms with E-state index in [0.29, 0.717) is 0 Å². The number of nitrogens with two attached hydrogens (primary N) is 1. The number of rotatable bonds is 2. The Kier molecular flexibility index (Phi) is 1.33. The van der Waals surface area contributed by atoms with E-state index in [-0.39, 0.29) is 11.0 Å². The van der Waals surface area contributed by atoms with E-state index in [1.807, 2.05) is 13.8 Å². The third-order valence-corrected chi connectivity index (χ3v) is 2.85. The lowest BCUT2D eigenvalue weighted by molar-refractivity contribution is 0.376. The fraction of sp³-hybridized carbons (Fsp3) is 0.750. The summed E-state index contributed by atoms with van der Waals surface area (Å²) in [6.45, 7) is 4.09. The molecule has 0 aliphatic heterocycles. The van der Waals surface area contributed by atoms with Gasteiger partial charge in [0.15, 0.2) is 0 Å². The van der Waals surface area contributed by atoms with Crippen LogP contribution in [-0.4, -0.2) is 20.7 Å². The van der Waals surface area contributed by atoms with Crippen molar-refractivity contribution in [3.8, 4) is 0 Å². The third-order valence-electron chi connectivity index (χ3n) is 2.85. The molecule has 0 bridgehead atoms. The number of aromatic nitrogens is 3. The van der Waals surface area contributed by atoms with Crippen LogP contribution >= 0.6 is 0 Å². The number of hydrogen-bond donors (Lipinski definition) is 2. The minimum Gasteiger partial charge on any atom is -0.325 e. The number of aromatic amines is 1. The molecular formula is C8H14N4. The molecule has 0 unspecified atom stereocenters. The van der Waals surface area contributed by atoms with E-state index in [4.69, 9.17) is 5.73 Å². The van der Waals surface area contributed by atoms with E-state index in [1.54, 1.807) is 6.33 Å². The Morgan fingerprint density at radius 3 is 2.58 bits per heavy atom. The Morgan fingerprint density at radius 2 is 2.25 bits per heavy atom. The van der Waals surface area contributed by atoms with E-state index >= 15 is 0 Å². The molecule has 1 aliphatic carbocycles. The molecule has 1 saturated carbocycles. The second kappa shape index (κ2) is 2.07. The van der Waals surface area contributed by atoms with E-state index in [1.165, 1.54) is 0 Å². The van der Waals surface area contributed by atoms with Crippen LogP contribution in [0.5, 0.6) is 0 Å². The highest BCUT2D eigenvalue weighted by atomic mass is 15.2. The molecule has 1 aliphatic rings. The lowest BCUT2D eigenvalue weighted by Gasteiger charge is -2.28. The van der Waals surface area contributed by atoms with Gasteiger partial charge in [0.05, 0.1) is 0 Å². The maximum absolute atomic E-state index is 6.08. The first-order valence-corrected chi connectivity index (χ1v) is 4.21. The van der Waals surface area contributed by atoms with Crippen molar-refractivity contribution in [1.82, 2.24) is 15.2 Å². The minimum atomic E-state index is -0.202. The van der Waals surface area contributed by atoms with Crippen molar-refractivity contribution in [3.05, 3.63) is 12.2 Å². The fourth-order valence-corrected chi connectivity index (χ4v) is 1.75. The Bertz CT molecular complexity index is 266. The highest BCUT2D eigenvalue weighted by molar-refractivity contribution is 5.25. The monoisotopic (exact) mass is 166 g/mol. The number of nitrogens with one attached hydrogen (secondary N) is 1. The molecular weight excluding hydrogens is 152 g/mol.